The van der Waals surface area contributed by atoms with Gasteiger partial charge in [-0.2, -0.15) is 0 Å². The van der Waals surface area contributed by atoms with Crippen molar-refractivity contribution in [3.63, 3.8) is 0 Å². The number of rotatable bonds is 2. The van der Waals surface area contributed by atoms with E-state index in [4.69, 9.17) is 0 Å². The van der Waals surface area contributed by atoms with Crippen molar-refractivity contribution >= 4 is 20.9 Å². The number of H-pyrrole nitrogens is 1. The molecule has 1 fully saturated rings. The first-order chi connectivity index (χ1) is 9.29. The SMILES string of the molecule is CS(=O)(=O)c1nc2c(cc1F)c(=O)[nH]c(=O)n2C1CC1. The molecule has 0 aliphatic heterocycles. The Kier molecular flexibility index (Phi) is 2.58. The fourth-order valence-corrected chi connectivity index (χ4v) is 2.73. The first-order valence-corrected chi connectivity index (χ1v) is 7.73. The van der Waals surface area contributed by atoms with Gasteiger partial charge in [-0.15, -0.1) is 0 Å². The molecule has 2 heterocycles. The van der Waals surface area contributed by atoms with Gasteiger partial charge >= 0.3 is 5.69 Å². The number of nitrogens with zero attached hydrogens (tertiary/aromatic N) is 2. The number of sulfone groups is 1. The van der Waals surface area contributed by atoms with Gasteiger partial charge in [0.1, 0.15) is 0 Å². The number of nitrogens with one attached hydrogen (secondary N) is 1. The molecular formula is C11H10FN3O4S. The summed E-state index contributed by atoms with van der Waals surface area (Å²) in [7, 11) is -3.89. The zero-order valence-electron chi connectivity index (χ0n) is 10.4. The van der Waals surface area contributed by atoms with E-state index in [0.29, 0.717) is 0 Å². The predicted octanol–water partition coefficient (Wildman–Crippen LogP) is -0.0377. The van der Waals surface area contributed by atoms with Crippen molar-refractivity contribution < 1.29 is 12.8 Å². The van der Waals surface area contributed by atoms with Crippen molar-refractivity contribution in [1.29, 1.82) is 0 Å². The molecule has 0 bridgehead atoms. The lowest BCUT2D eigenvalue weighted by molar-refractivity contribution is 0.557. The zero-order chi connectivity index (χ0) is 14.7. The van der Waals surface area contributed by atoms with Crippen LogP contribution in [0.3, 0.4) is 0 Å². The van der Waals surface area contributed by atoms with Gasteiger partial charge in [0.25, 0.3) is 5.56 Å². The monoisotopic (exact) mass is 299 g/mol. The van der Waals surface area contributed by atoms with Crippen molar-refractivity contribution in [1.82, 2.24) is 14.5 Å². The highest BCUT2D eigenvalue weighted by Crippen LogP contribution is 2.35. The van der Waals surface area contributed by atoms with E-state index in [9.17, 15) is 22.4 Å². The van der Waals surface area contributed by atoms with E-state index in [-0.39, 0.29) is 17.1 Å². The molecule has 9 heteroatoms. The molecule has 1 aliphatic carbocycles. The number of hydrogen-bond acceptors (Lipinski definition) is 5. The van der Waals surface area contributed by atoms with Crippen molar-refractivity contribution in [2.24, 2.45) is 0 Å². The molecule has 0 spiro atoms. The fourth-order valence-electron chi connectivity index (χ4n) is 2.07. The second-order valence-corrected chi connectivity index (χ2v) is 6.71. The number of aromatic nitrogens is 3. The standard InChI is InChI=1S/C11H10FN3O4S/c1-20(18,19)10-7(12)4-6-8(13-10)15(5-2-3-5)11(17)14-9(6)16/h4-5H,2-3H2,1H3,(H,14,16,17). The highest BCUT2D eigenvalue weighted by atomic mass is 32.2. The minimum absolute atomic E-state index is 0.0944. The van der Waals surface area contributed by atoms with E-state index in [0.717, 1.165) is 25.2 Å². The molecule has 3 rings (SSSR count). The quantitative estimate of drug-likeness (QED) is 0.838. The van der Waals surface area contributed by atoms with Crippen molar-refractivity contribution in [3.8, 4) is 0 Å². The third-order valence-electron chi connectivity index (χ3n) is 3.10. The Morgan fingerprint density at radius 2 is 2.05 bits per heavy atom. The molecule has 1 saturated carbocycles. The lowest BCUT2D eigenvalue weighted by atomic mass is 10.3. The van der Waals surface area contributed by atoms with Crippen molar-refractivity contribution in [2.75, 3.05) is 6.26 Å². The highest BCUT2D eigenvalue weighted by Gasteiger charge is 2.29. The van der Waals surface area contributed by atoms with Gasteiger partial charge in [0.15, 0.2) is 26.3 Å². The van der Waals surface area contributed by atoms with Crippen LogP contribution in [0.5, 0.6) is 0 Å². The molecule has 0 atom stereocenters. The third-order valence-corrected chi connectivity index (χ3v) is 4.09. The van der Waals surface area contributed by atoms with Crippen LogP contribution >= 0.6 is 0 Å². The molecular weight excluding hydrogens is 289 g/mol. The molecule has 2 aromatic heterocycles. The molecule has 1 aliphatic rings. The maximum Gasteiger partial charge on any atom is 0.330 e. The summed E-state index contributed by atoms with van der Waals surface area (Å²) in [5.41, 5.74) is -1.54. The van der Waals surface area contributed by atoms with Crippen LogP contribution in [0.2, 0.25) is 0 Å². The first kappa shape index (κ1) is 13.0. The van der Waals surface area contributed by atoms with Gasteiger partial charge in [-0.05, 0) is 18.9 Å². The fraction of sp³-hybridized carbons (Fsp3) is 0.364. The number of pyridine rings is 1. The van der Waals surface area contributed by atoms with Crippen LogP contribution in [0.4, 0.5) is 4.39 Å². The van der Waals surface area contributed by atoms with Crippen LogP contribution in [-0.4, -0.2) is 29.2 Å². The molecule has 7 nitrogen and oxygen atoms in total. The second-order valence-electron chi connectivity index (χ2n) is 4.78. The maximum atomic E-state index is 13.8. The van der Waals surface area contributed by atoms with E-state index in [1.165, 1.54) is 4.57 Å². The van der Waals surface area contributed by atoms with E-state index in [1.807, 2.05) is 0 Å². The molecule has 2 aromatic rings. The van der Waals surface area contributed by atoms with Gasteiger partial charge in [-0.1, -0.05) is 0 Å². The predicted molar refractivity (Wildman–Crippen MR) is 68.0 cm³/mol. The Labute approximate surface area is 112 Å². The summed E-state index contributed by atoms with van der Waals surface area (Å²) < 4.78 is 38.0. The van der Waals surface area contributed by atoms with Crippen LogP contribution in [0, 0.1) is 5.82 Å². The maximum absolute atomic E-state index is 13.8. The van der Waals surface area contributed by atoms with Gasteiger partial charge in [-0.3, -0.25) is 14.3 Å². The van der Waals surface area contributed by atoms with Crippen LogP contribution in [0.15, 0.2) is 20.7 Å². The van der Waals surface area contributed by atoms with Crippen LogP contribution in [-0.2, 0) is 9.84 Å². The molecule has 20 heavy (non-hydrogen) atoms. The van der Waals surface area contributed by atoms with E-state index >= 15 is 0 Å². The Balaban J connectivity index is 2.51. The lowest BCUT2D eigenvalue weighted by Crippen LogP contribution is -2.31. The van der Waals surface area contributed by atoms with Gasteiger partial charge in [0.05, 0.1) is 5.39 Å². The van der Waals surface area contributed by atoms with Crippen LogP contribution in [0.1, 0.15) is 18.9 Å². The summed E-state index contributed by atoms with van der Waals surface area (Å²) in [6, 6.07) is 0.669. The Morgan fingerprint density at radius 3 is 2.60 bits per heavy atom. The summed E-state index contributed by atoms with van der Waals surface area (Å²) in [4.78, 5) is 29.3. The zero-order valence-corrected chi connectivity index (χ0v) is 11.2. The lowest BCUT2D eigenvalue weighted by Gasteiger charge is -2.08. The molecule has 0 aromatic carbocycles. The second kappa shape index (κ2) is 3.98. The molecule has 106 valence electrons. The summed E-state index contributed by atoms with van der Waals surface area (Å²) in [6.45, 7) is 0. The Bertz CT molecular complexity index is 941. The first-order valence-electron chi connectivity index (χ1n) is 5.84. The minimum Gasteiger partial charge on any atom is -0.274 e. The van der Waals surface area contributed by atoms with Crippen molar-refractivity contribution in [3.05, 3.63) is 32.7 Å². The topological polar surface area (TPSA) is 102 Å². The Morgan fingerprint density at radius 1 is 1.40 bits per heavy atom. The van der Waals surface area contributed by atoms with Crippen LogP contribution < -0.4 is 11.2 Å². The number of aromatic amines is 1. The Hall–Kier alpha value is -2.03. The van der Waals surface area contributed by atoms with Gasteiger partial charge in [-0.25, -0.2) is 22.6 Å². The highest BCUT2D eigenvalue weighted by molar-refractivity contribution is 7.90. The smallest absolute Gasteiger partial charge is 0.274 e. The minimum atomic E-state index is -3.89. The summed E-state index contributed by atoms with van der Waals surface area (Å²) >= 11 is 0. The number of fused-ring (bicyclic) bond motifs is 1. The summed E-state index contributed by atoms with van der Waals surface area (Å²) in [5.74, 6) is -1.11. The average molecular weight is 299 g/mol. The molecule has 0 saturated heterocycles. The normalized spacial score (nSPS) is 15.7. The van der Waals surface area contributed by atoms with E-state index < -0.39 is 31.9 Å². The molecule has 0 amide bonds. The van der Waals surface area contributed by atoms with Crippen LogP contribution in [0.25, 0.3) is 11.0 Å². The van der Waals surface area contributed by atoms with E-state index in [1.54, 1.807) is 0 Å². The molecule has 1 N–H and O–H groups in total. The largest absolute Gasteiger partial charge is 0.330 e. The van der Waals surface area contributed by atoms with Gasteiger partial charge in [0, 0.05) is 12.3 Å². The van der Waals surface area contributed by atoms with Crippen molar-refractivity contribution in [2.45, 2.75) is 23.9 Å². The summed E-state index contributed by atoms with van der Waals surface area (Å²) in [6.07, 6.45) is 2.28. The summed E-state index contributed by atoms with van der Waals surface area (Å²) in [5, 5.41) is -0.897. The third kappa shape index (κ3) is 1.94. The van der Waals surface area contributed by atoms with E-state index in [2.05, 4.69) is 9.97 Å². The number of halogens is 1. The average Bonchev–Trinajstić information content (AvgIpc) is 3.12. The molecule has 0 radical (unpaired) electrons. The van der Waals surface area contributed by atoms with Gasteiger partial charge < -0.3 is 0 Å². The number of hydrogen-bond donors (Lipinski definition) is 1. The van der Waals surface area contributed by atoms with Gasteiger partial charge in [0.2, 0.25) is 0 Å². The molecule has 0 unspecified atom stereocenters.